The van der Waals surface area contributed by atoms with E-state index in [-0.39, 0.29) is 11.9 Å². The highest BCUT2D eigenvalue weighted by atomic mass is 35.5. The summed E-state index contributed by atoms with van der Waals surface area (Å²) in [5.41, 5.74) is 2.54. The van der Waals surface area contributed by atoms with Gasteiger partial charge in [-0.2, -0.15) is 0 Å². The highest BCUT2D eigenvalue weighted by Crippen LogP contribution is 2.18. The molecule has 3 nitrogen and oxygen atoms in total. The van der Waals surface area contributed by atoms with Crippen LogP contribution in [0, 0.1) is 6.92 Å². The molecule has 0 aliphatic carbocycles. The van der Waals surface area contributed by atoms with Crippen LogP contribution in [0.2, 0.25) is 0 Å². The fourth-order valence-electron chi connectivity index (χ4n) is 1.71. The van der Waals surface area contributed by atoms with Crippen LogP contribution >= 0.6 is 22.9 Å². The van der Waals surface area contributed by atoms with Crippen LogP contribution in [0.25, 0.3) is 0 Å². The summed E-state index contributed by atoms with van der Waals surface area (Å²) in [4.78, 5) is 16.5. The molecule has 1 aromatic heterocycles. The third-order valence-electron chi connectivity index (χ3n) is 2.70. The first-order chi connectivity index (χ1) is 9.10. The second-order valence-electron chi connectivity index (χ2n) is 4.36. The van der Waals surface area contributed by atoms with Gasteiger partial charge in [-0.1, -0.05) is 12.1 Å². The molecule has 1 N–H and O–H groups in total. The van der Waals surface area contributed by atoms with E-state index < -0.39 is 0 Å². The lowest BCUT2D eigenvalue weighted by atomic mass is 10.1. The van der Waals surface area contributed by atoms with E-state index in [2.05, 4.69) is 10.3 Å². The van der Waals surface area contributed by atoms with E-state index in [9.17, 15) is 4.79 Å². The van der Waals surface area contributed by atoms with Crippen molar-refractivity contribution in [2.75, 3.05) is 0 Å². The largest absolute Gasteiger partial charge is 0.343 e. The SMILES string of the molecule is Cc1csc(C(C)NC(=O)c2cccc(CCl)c2)n1. The number of hydrogen-bond acceptors (Lipinski definition) is 3. The molecule has 0 aliphatic heterocycles. The number of hydrogen-bond donors (Lipinski definition) is 1. The maximum Gasteiger partial charge on any atom is 0.251 e. The maximum absolute atomic E-state index is 12.1. The minimum Gasteiger partial charge on any atom is -0.343 e. The standard InChI is InChI=1S/C14H15ClN2OS/c1-9-8-19-14(16-9)10(2)17-13(18)12-5-3-4-11(6-12)7-15/h3-6,8,10H,7H2,1-2H3,(H,17,18). The topological polar surface area (TPSA) is 42.0 Å². The van der Waals surface area contributed by atoms with Crippen molar-refractivity contribution in [2.45, 2.75) is 25.8 Å². The third kappa shape index (κ3) is 3.55. The molecule has 0 spiro atoms. The van der Waals surface area contributed by atoms with Gasteiger partial charge in [0.25, 0.3) is 5.91 Å². The second-order valence-corrected chi connectivity index (χ2v) is 5.51. The van der Waals surface area contributed by atoms with Crippen molar-refractivity contribution in [3.8, 4) is 0 Å². The molecule has 5 heteroatoms. The number of benzene rings is 1. The Bertz CT molecular complexity index is 582. The predicted molar refractivity (Wildman–Crippen MR) is 78.7 cm³/mol. The zero-order valence-corrected chi connectivity index (χ0v) is 12.4. The van der Waals surface area contributed by atoms with Crippen molar-refractivity contribution in [1.82, 2.24) is 10.3 Å². The number of rotatable bonds is 4. The van der Waals surface area contributed by atoms with E-state index in [4.69, 9.17) is 11.6 Å². The Morgan fingerprint density at radius 3 is 2.95 bits per heavy atom. The number of nitrogens with one attached hydrogen (secondary N) is 1. The number of halogens is 1. The Kier molecular flexibility index (Phi) is 4.56. The van der Waals surface area contributed by atoms with Gasteiger partial charge < -0.3 is 5.32 Å². The van der Waals surface area contributed by atoms with E-state index in [1.807, 2.05) is 37.4 Å². The maximum atomic E-state index is 12.1. The van der Waals surface area contributed by atoms with E-state index in [1.54, 1.807) is 17.4 Å². The van der Waals surface area contributed by atoms with Gasteiger partial charge in [0, 0.05) is 22.5 Å². The Hall–Kier alpha value is -1.39. The van der Waals surface area contributed by atoms with Gasteiger partial charge in [-0.15, -0.1) is 22.9 Å². The van der Waals surface area contributed by atoms with E-state index in [0.29, 0.717) is 11.4 Å². The summed E-state index contributed by atoms with van der Waals surface area (Å²) < 4.78 is 0. The van der Waals surface area contributed by atoms with Crippen LogP contribution in [0.15, 0.2) is 29.6 Å². The van der Waals surface area contributed by atoms with Gasteiger partial charge in [0.2, 0.25) is 0 Å². The molecule has 1 aromatic carbocycles. The summed E-state index contributed by atoms with van der Waals surface area (Å²) >= 11 is 7.32. The van der Waals surface area contributed by atoms with E-state index in [0.717, 1.165) is 16.3 Å². The summed E-state index contributed by atoms with van der Waals surface area (Å²) in [5, 5.41) is 5.84. The minimum atomic E-state index is -0.104. The van der Waals surface area contributed by atoms with Gasteiger partial charge in [-0.05, 0) is 31.5 Å². The van der Waals surface area contributed by atoms with Crippen LogP contribution < -0.4 is 5.32 Å². The van der Waals surface area contributed by atoms with Crippen molar-refractivity contribution in [3.63, 3.8) is 0 Å². The Labute approximate surface area is 121 Å². The number of thiazole rings is 1. The van der Waals surface area contributed by atoms with Crippen LogP contribution in [0.4, 0.5) is 0 Å². The zero-order valence-electron chi connectivity index (χ0n) is 10.8. The number of nitrogens with zero attached hydrogens (tertiary/aromatic N) is 1. The molecule has 0 radical (unpaired) electrons. The minimum absolute atomic E-state index is 0.0918. The lowest BCUT2D eigenvalue weighted by Gasteiger charge is -2.11. The molecule has 0 saturated carbocycles. The number of carbonyl (C=O) groups is 1. The van der Waals surface area contributed by atoms with Crippen LogP contribution in [0.5, 0.6) is 0 Å². The monoisotopic (exact) mass is 294 g/mol. The molecule has 0 bridgehead atoms. The molecule has 1 amide bonds. The number of aromatic nitrogens is 1. The van der Waals surface area contributed by atoms with Gasteiger partial charge >= 0.3 is 0 Å². The van der Waals surface area contributed by atoms with Crippen molar-refractivity contribution in [1.29, 1.82) is 0 Å². The van der Waals surface area contributed by atoms with Crippen LogP contribution in [0.1, 0.15) is 39.6 Å². The van der Waals surface area contributed by atoms with Crippen molar-refractivity contribution >= 4 is 28.8 Å². The quantitative estimate of drug-likeness (QED) is 0.874. The number of carbonyl (C=O) groups excluding carboxylic acids is 1. The average molecular weight is 295 g/mol. The lowest BCUT2D eigenvalue weighted by molar-refractivity contribution is 0.0939. The Balaban J connectivity index is 2.08. The van der Waals surface area contributed by atoms with Gasteiger partial charge in [-0.3, -0.25) is 4.79 Å². The van der Waals surface area contributed by atoms with Gasteiger partial charge in [0.1, 0.15) is 5.01 Å². The molecule has 19 heavy (non-hydrogen) atoms. The van der Waals surface area contributed by atoms with Crippen molar-refractivity contribution < 1.29 is 4.79 Å². The fourth-order valence-corrected chi connectivity index (χ4v) is 2.68. The average Bonchev–Trinajstić information content (AvgIpc) is 2.85. The molecule has 2 aromatic rings. The van der Waals surface area contributed by atoms with Crippen LogP contribution in [0.3, 0.4) is 0 Å². The van der Waals surface area contributed by atoms with Gasteiger partial charge in [-0.25, -0.2) is 4.98 Å². The van der Waals surface area contributed by atoms with Gasteiger partial charge in [0.15, 0.2) is 0 Å². The molecule has 0 saturated heterocycles. The summed E-state index contributed by atoms with van der Waals surface area (Å²) in [6.45, 7) is 3.88. The smallest absolute Gasteiger partial charge is 0.251 e. The second kappa shape index (κ2) is 6.17. The first kappa shape index (κ1) is 14.0. The fraction of sp³-hybridized carbons (Fsp3) is 0.286. The first-order valence-corrected chi connectivity index (χ1v) is 7.39. The molecule has 100 valence electrons. The predicted octanol–water partition coefficient (Wildman–Crippen LogP) is 3.68. The summed E-state index contributed by atoms with van der Waals surface area (Å²) in [7, 11) is 0. The zero-order chi connectivity index (χ0) is 13.8. The number of aryl methyl sites for hydroxylation is 1. The lowest BCUT2D eigenvalue weighted by Crippen LogP contribution is -2.26. The normalized spacial score (nSPS) is 12.2. The summed E-state index contributed by atoms with van der Waals surface area (Å²) in [6, 6.07) is 7.24. The molecule has 1 unspecified atom stereocenters. The Morgan fingerprint density at radius 2 is 2.32 bits per heavy atom. The molecular weight excluding hydrogens is 280 g/mol. The van der Waals surface area contributed by atoms with Crippen LogP contribution in [-0.2, 0) is 5.88 Å². The summed E-state index contributed by atoms with van der Waals surface area (Å²) in [6.07, 6.45) is 0. The molecule has 0 fully saturated rings. The molecule has 2 rings (SSSR count). The van der Waals surface area contributed by atoms with E-state index >= 15 is 0 Å². The highest BCUT2D eigenvalue weighted by Gasteiger charge is 2.14. The Morgan fingerprint density at radius 1 is 1.53 bits per heavy atom. The summed E-state index contributed by atoms with van der Waals surface area (Å²) in [5.74, 6) is 0.301. The van der Waals surface area contributed by atoms with Crippen LogP contribution in [-0.4, -0.2) is 10.9 Å². The third-order valence-corrected chi connectivity index (χ3v) is 4.15. The molecular formula is C14H15ClN2OS. The first-order valence-electron chi connectivity index (χ1n) is 5.98. The molecule has 1 atom stereocenters. The highest BCUT2D eigenvalue weighted by molar-refractivity contribution is 7.09. The number of amides is 1. The van der Waals surface area contributed by atoms with Crippen molar-refractivity contribution in [3.05, 3.63) is 51.5 Å². The molecule has 0 aliphatic rings. The van der Waals surface area contributed by atoms with E-state index in [1.165, 1.54) is 0 Å². The van der Waals surface area contributed by atoms with Gasteiger partial charge in [0.05, 0.1) is 6.04 Å². The molecule has 1 heterocycles. The number of alkyl halides is 1. The van der Waals surface area contributed by atoms with Crippen molar-refractivity contribution in [2.24, 2.45) is 0 Å².